The molecule has 2 amide bonds. The van der Waals surface area contributed by atoms with Gasteiger partial charge in [-0.15, -0.1) is 0 Å². The number of hydrogen-bond donors (Lipinski definition) is 3. The smallest absolute Gasteiger partial charge is 0.329 e. The summed E-state index contributed by atoms with van der Waals surface area (Å²) in [5, 5.41) is 14.1. The number of ether oxygens (including phenoxy) is 2. The molecular formula is C12H20N2O6. The van der Waals surface area contributed by atoms with Gasteiger partial charge < -0.3 is 25.2 Å². The number of urea groups is 1. The lowest BCUT2D eigenvalue weighted by atomic mass is 9.90. The molecular weight excluding hydrogens is 268 g/mol. The van der Waals surface area contributed by atoms with Gasteiger partial charge in [-0.25, -0.2) is 14.4 Å². The molecule has 1 heterocycles. The second-order valence-electron chi connectivity index (χ2n) is 4.57. The average Bonchev–Trinajstić information content (AvgIpc) is 2.39. The standard InChI is InChI=1S/C12H20N2O6/c1-3-20-9(15)8(2)13-11(18)14-12(10(16)17)4-6-19-7-5-12/h8H,3-7H2,1-2H3,(H,16,17)(H2,13,14,18). The summed E-state index contributed by atoms with van der Waals surface area (Å²) in [6.07, 6.45) is 0.368. The fraction of sp³-hybridized carbons (Fsp3) is 0.750. The molecule has 1 atom stereocenters. The quantitative estimate of drug-likeness (QED) is 0.607. The van der Waals surface area contributed by atoms with Crippen LogP contribution >= 0.6 is 0 Å². The van der Waals surface area contributed by atoms with E-state index in [0.29, 0.717) is 0 Å². The van der Waals surface area contributed by atoms with Crippen LogP contribution in [0.2, 0.25) is 0 Å². The van der Waals surface area contributed by atoms with Gasteiger partial charge >= 0.3 is 18.0 Å². The summed E-state index contributed by atoms with van der Waals surface area (Å²) in [4.78, 5) is 34.5. The molecule has 0 aromatic rings. The number of carboxylic acids is 1. The maximum Gasteiger partial charge on any atom is 0.329 e. The number of carbonyl (C=O) groups is 3. The van der Waals surface area contributed by atoms with Crippen molar-refractivity contribution < 1.29 is 29.0 Å². The molecule has 0 bridgehead atoms. The molecule has 1 aliphatic heterocycles. The van der Waals surface area contributed by atoms with Gasteiger partial charge in [-0.05, 0) is 13.8 Å². The summed E-state index contributed by atoms with van der Waals surface area (Å²) in [7, 11) is 0. The highest BCUT2D eigenvalue weighted by molar-refractivity contribution is 5.88. The Labute approximate surface area is 116 Å². The number of amides is 2. The van der Waals surface area contributed by atoms with Crippen LogP contribution in [-0.2, 0) is 19.1 Å². The van der Waals surface area contributed by atoms with Gasteiger partial charge in [-0.3, -0.25) is 0 Å². The molecule has 1 saturated heterocycles. The third kappa shape index (κ3) is 4.09. The zero-order valence-electron chi connectivity index (χ0n) is 11.6. The van der Waals surface area contributed by atoms with Gasteiger partial charge in [0.1, 0.15) is 11.6 Å². The normalized spacial score (nSPS) is 18.7. The summed E-state index contributed by atoms with van der Waals surface area (Å²) < 4.78 is 9.85. The van der Waals surface area contributed by atoms with Crippen LogP contribution in [0.3, 0.4) is 0 Å². The first kappa shape index (κ1) is 16.2. The van der Waals surface area contributed by atoms with Crippen molar-refractivity contribution in [3.63, 3.8) is 0 Å². The molecule has 8 heteroatoms. The van der Waals surface area contributed by atoms with Crippen molar-refractivity contribution in [1.82, 2.24) is 10.6 Å². The Morgan fingerprint density at radius 2 is 1.95 bits per heavy atom. The number of carboxylic acid groups (broad SMARTS) is 1. The molecule has 114 valence electrons. The lowest BCUT2D eigenvalue weighted by Crippen LogP contribution is -2.61. The highest BCUT2D eigenvalue weighted by atomic mass is 16.5. The predicted octanol–water partition coefficient (Wildman–Crippen LogP) is -0.129. The SMILES string of the molecule is CCOC(=O)C(C)NC(=O)NC1(C(=O)O)CCOCC1. The molecule has 1 unspecified atom stereocenters. The monoisotopic (exact) mass is 288 g/mol. The van der Waals surface area contributed by atoms with Crippen LogP contribution in [0.25, 0.3) is 0 Å². The first-order chi connectivity index (χ1) is 9.41. The topological polar surface area (TPSA) is 114 Å². The molecule has 0 saturated carbocycles. The Hall–Kier alpha value is -1.83. The van der Waals surface area contributed by atoms with E-state index in [4.69, 9.17) is 9.47 Å². The molecule has 0 aliphatic carbocycles. The molecule has 1 aliphatic rings. The number of carbonyl (C=O) groups excluding carboxylic acids is 2. The Kier molecular flexibility index (Phi) is 5.75. The van der Waals surface area contributed by atoms with Gasteiger partial charge in [0.15, 0.2) is 0 Å². The Morgan fingerprint density at radius 3 is 2.45 bits per heavy atom. The first-order valence-corrected chi connectivity index (χ1v) is 6.48. The van der Waals surface area contributed by atoms with Gasteiger partial charge in [0.2, 0.25) is 0 Å². The molecule has 0 spiro atoms. The minimum absolute atomic E-state index is 0.184. The summed E-state index contributed by atoms with van der Waals surface area (Å²) in [5.41, 5.74) is -1.35. The van der Waals surface area contributed by atoms with Crippen LogP contribution in [0.1, 0.15) is 26.7 Å². The van der Waals surface area contributed by atoms with Crippen LogP contribution < -0.4 is 10.6 Å². The second-order valence-corrected chi connectivity index (χ2v) is 4.57. The van der Waals surface area contributed by atoms with Gasteiger partial charge in [0.25, 0.3) is 0 Å². The van der Waals surface area contributed by atoms with E-state index in [-0.39, 0.29) is 32.7 Å². The summed E-state index contributed by atoms with van der Waals surface area (Å²) in [6.45, 7) is 3.87. The lowest BCUT2D eigenvalue weighted by molar-refractivity contribution is -0.148. The van der Waals surface area contributed by atoms with E-state index in [9.17, 15) is 19.5 Å². The van der Waals surface area contributed by atoms with Crippen molar-refractivity contribution >= 4 is 18.0 Å². The van der Waals surface area contributed by atoms with Gasteiger partial charge in [-0.2, -0.15) is 0 Å². The number of aliphatic carboxylic acids is 1. The van der Waals surface area contributed by atoms with E-state index in [2.05, 4.69) is 10.6 Å². The summed E-state index contributed by atoms with van der Waals surface area (Å²) in [6, 6.07) is -1.56. The molecule has 3 N–H and O–H groups in total. The van der Waals surface area contributed by atoms with Crippen LogP contribution in [-0.4, -0.2) is 54.5 Å². The number of hydrogen-bond acceptors (Lipinski definition) is 5. The molecule has 8 nitrogen and oxygen atoms in total. The maximum absolute atomic E-state index is 11.8. The molecule has 0 radical (unpaired) electrons. The van der Waals surface area contributed by atoms with E-state index in [1.54, 1.807) is 6.92 Å². The van der Waals surface area contributed by atoms with E-state index < -0.39 is 29.6 Å². The molecule has 1 rings (SSSR count). The highest BCUT2D eigenvalue weighted by Crippen LogP contribution is 2.20. The summed E-state index contributed by atoms with van der Waals surface area (Å²) >= 11 is 0. The minimum atomic E-state index is -1.35. The fourth-order valence-electron chi connectivity index (χ4n) is 1.89. The zero-order valence-corrected chi connectivity index (χ0v) is 11.6. The number of rotatable bonds is 5. The van der Waals surface area contributed by atoms with Gasteiger partial charge in [0, 0.05) is 26.1 Å². The first-order valence-electron chi connectivity index (χ1n) is 6.48. The Bertz CT molecular complexity index is 378. The van der Waals surface area contributed by atoms with Gasteiger partial charge in [-0.1, -0.05) is 0 Å². The largest absolute Gasteiger partial charge is 0.480 e. The van der Waals surface area contributed by atoms with E-state index in [1.165, 1.54) is 6.92 Å². The zero-order chi connectivity index (χ0) is 15.2. The van der Waals surface area contributed by atoms with Crippen molar-refractivity contribution in [2.24, 2.45) is 0 Å². The Balaban J connectivity index is 2.59. The van der Waals surface area contributed by atoms with Crippen LogP contribution in [0, 0.1) is 0 Å². The maximum atomic E-state index is 11.8. The lowest BCUT2D eigenvalue weighted by Gasteiger charge is -2.34. The molecule has 1 fully saturated rings. The van der Waals surface area contributed by atoms with E-state index in [1.807, 2.05) is 0 Å². The Morgan fingerprint density at radius 1 is 1.35 bits per heavy atom. The van der Waals surface area contributed by atoms with Crippen molar-refractivity contribution in [2.75, 3.05) is 19.8 Å². The summed E-state index contributed by atoms with van der Waals surface area (Å²) in [5.74, 6) is -1.68. The second kappa shape index (κ2) is 7.09. The molecule has 0 aromatic heterocycles. The van der Waals surface area contributed by atoms with Crippen molar-refractivity contribution in [1.29, 1.82) is 0 Å². The number of esters is 1. The third-order valence-corrected chi connectivity index (χ3v) is 3.10. The van der Waals surface area contributed by atoms with E-state index in [0.717, 1.165) is 0 Å². The number of nitrogens with one attached hydrogen (secondary N) is 2. The van der Waals surface area contributed by atoms with Crippen LogP contribution in [0.5, 0.6) is 0 Å². The predicted molar refractivity (Wildman–Crippen MR) is 68.2 cm³/mol. The third-order valence-electron chi connectivity index (χ3n) is 3.10. The minimum Gasteiger partial charge on any atom is -0.480 e. The van der Waals surface area contributed by atoms with Crippen molar-refractivity contribution in [2.45, 2.75) is 38.3 Å². The molecule has 0 aromatic carbocycles. The average molecular weight is 288 g/mol. The van der Waals surface area contributed by atoms with Gasteiger partial charge in [0.05, 0.1) is 6.61 Å². The van der Waals surface area contributed by atoms with E-state index >= 15 is 0 Å². The van der Waals surface area contributed by atoms with Crippen molar-refractivity contribution in [3.05, 3.63) is 0 Å². The van der Waals surface area contributed by atoms with Crippen LogP contribution in [0.4, 0.5) is 4.79 Å². The molecule has 20 heavy (non-hydrogen) atoms. The van der Waals surface area contributed by atoms with Crippen LogP contribution in [0.15, 0.2) is 0 Å². The van der Waals surface area contributed by atoms with Crippen molar-refractivity contribution in [3.8, 4) is 0 Å². The highest BCUT2D eigenvalue weighted by Gasteiger charge is 2.41. The fourth-order valence-corrected chi connectivity index (χ4v) is 1.89.